The molecule has 5 rings (SSSR count). The van der Waals surface area contributed by atoms with E-state index in [0.717, 1.165) is 39.0 Å². The first kappa shape index (κ1) is 33.2. The fourth-order valence-corrected chi connectivity index (χ4v) is 5.32. The van der Waals surface area contributed by atoms with E-state index in [1.807, 2.05) is 98.8 Å². The van der Waals surface area contributed by atoms with Crippen molar-refractivity contribution >= 4 is 38.6 Å². The molecule has 3 N–H and O–H groups in total. The van der Waals surface area contributed by atoms with Gasteiger partial charge in [-0.25, -0.2) is 0 Å². The van der Waals surface area contributed by atoms with E-state index in [9.17, 15) is 18.0 Å². The lowest BCUT2D eigenvalue weighted by Gasteiger charge is -2.18. The zero-order chi connectivity index (χ0) is 33.4. The second-order valence-corrected chi connectivity index (χ2v) is 12.9. The Bertz CT molecular complexity index is 1940. The molecule has 0 saturated heterocycles. The van der Waals surface area contributed by atoms with E-state index < -0.39 is 27.7 Å². The largest absolute Gasteiger partial charge is 0.490 e. The number of para-hydroxylation sites is 1. The van der Waals surface area contributed by atoms with Gasteiger partial charge in [0.25, 0.3) is 16.0 Å². The van der Waals surface area contributed by atoms with E-state index >= 15 is 0 Å². The van der Waals surface area contributed by atoms with Crippen LogP contribution in [0.5, 0.6) is 5.75 Å². The Labute approximate surface area is 274 Å². The summed E-state index contributed by atoms with van der Waals surface area (Å²) < 4.78 is 42.5. The Morgan fingerprint density at radius 1 is 0.915 bits per heavy atom. The summed E-state index contributed by atoms with van der Waals surface area (Å²) in [4.78, 5) is 26.2. The third-order valence-corrected chi connectivity index (χ3v) is 8.22. The van der Waals surface area contributed by atoms with Crippen molar-refractivity contribution in [3.05, 3.63) is 131 Å². The van der Waals surface area contributed by atoms with Crippen LogP contribution in [0.15, 0.2) is 119 Å². The van der Waals surface area contributed by atoms with Crippen LogP contribution in [0.25, 0.3) is 22.3 Å². The number of carbonyl (C=O) groups excluding carboxylic acids is 2. The lowest BCUT2D eigenvalue weighted by atomic mass is 9.90. The number of carbonyl (C=O) groups is 2. The normalized spacial score (nSPS) is 11.9. The molecule has 47 heavy (non-hydrogen) atoms. The number of nitrogens with one attached hydrogen (secondary N) is 2. The Kier molecular flexibility index (Phi) is 10.5. The molecule has 4 aromatic carbocycles. The molecule has 10 heteroatoms. The molecule has 5 aromatic rings. The van der Waals surface area contributed by atoms with Gasteiger partial charge in [0, 0.05) is 28.7 Å². The summed E-state index contributed by atoms with van der Waals surface area (Å²) in [5.41, 5.74) is 5.44. The Morgan fingerprint density at radius 2 is 1.62 bits per heavy atom. The highest BCUT2D eigenvalue weighted by atomic mass is 32.2. The van der Waals surface area contributed by atoms with E-state index in [2.05, 4.69) is 10.6 Å². The monoisotopic (exact) mass is 652 g/mol. The van der Waals surface area contributed by atoms with E-state index in [1.54, 1.807) is 24.3 Å². The number of ether oxygens (including phenoxy) is 1. The molecule has 0 aliphatic rings. The molecule has 1 aromatic heterocycles. The molecule has 0 fully saturated rings. The number of benzene rings is 4. The van der Waals surface area contributed by atoms with Crippen LogP contribution in [0.4, 0.5) is 5.69 Å². The van der Waals surface area contributed by atoms with Gasteiger partial charge in [0.2, 0.25) is 5.91 Å². The fourth-order valence-electron chi connectivity index (χ4n) is 4.96. The van der Waals surface area contributed by atoms with Gasteiger partial charge in [-0.3, -0.25) is 14.1 Å². The maximum Gasteiger partial charge on any atom is 0.266 e. The molecule has 0 radical (unpaired) electrons. The molecule has 0 bridgehead atoms. The van der Waals surface area contributed by atoms with Crippen molar-refractivity contribution in [1.29, 1.82) is 0 Å². The molecular weight excluding hydrogens is 616 g/mol. The van der Waals surface area contributed by atoms with Crippen molar-refractivity contribution in [2.45, 2.75) is 26.2 Å². The van der Waals surface area contributed by atoms with Crippen molar-refractivity contribution < 1.29 is 31.7 Å². The number of hydrogen-bond acceptors (Lipinski definition) is 6. The molecule has 1 atom stereocenters. The zero-order valence-corrected chi connectivity index (χ0v) is 26.9. The molecule has 2 amide bonds. The van der Waals surface area contributed by atoms with Gasteiger partial charge in [-0.1, -0.05) is 48.0 Å². The predicted octanol–water partition coefficient (Wildman–Crippen LogP) is 7.03. The van der Waals surface area contributed by atoms with Gasteiger partial charge in [-0.2, -0.15) is 8.42 Å². The minimum Gasteiger partial charge on any atom is -0.490 e. The number of fused-ring (bicyclic) bond motifs is 1. The van der Waals surface area contributed by atoms with Crippen LogP contribution in [-0.4, -0.2) is 43.7 Å². The van der Waals surface area contributed by atoms with Crippen LogP contribution < -0.4 is 15.4 Å². The SMILES string of the molecule is CC(C)=CCOc1ccc(C(Cc2ccc(C(=O)NCCS(=O)(=O)O)cc2)C(=O)Nc2ccc(-c3cc4ccccc4o3)cc2)cc1. The van der Waals surface area contributed by atoms with E-state index in [0.29, 0.717) is 30.0 Å². The highest BCUT2D eigenvalue weighted by Gasteiger charge is 2.22. The summed E-state index contributed by atoms with van der Waals surface area (Å²) >= 11 is 0. The van der Waals surface area contributed by atoms with Crippen molar-refractivity contribution in [3.63, 3.8) is 0 Å². The summed E-state index contributed by atoms with van der Waals surface area (Å²) in [6, 6.07) is 31.5. The molecule has 9 nitrogen and oxygen atoms in total. The van der Waals surface area contributed by atoms with Crippen LogP contribution in [0, 0.1) is 0 Å². The average molecular weight is 653 g/mol. The van der Waals surface area contributed by atoms with Crippen molar-refractivity contribution in [2.75, 3.05) is 24.2 Å². The summed E-state index contributed by atoms with van der Waals surface area (Å²) in [6.45, 7) is 4.25. The van der Waals surface area contributed by atoms with Gasteiger partial charge in [0.05, 0.1) is 11.7 Å². The molecule has 1 heterocycles. The first-order valence-electron chi connectivity index (χ1n) is 15.1. The quantitative estimate of drug-likeness (QED) is 0.0918. The topological polar surface area (TPSA) is 135 Å². The summed E-state index contributed by atoms with van der Waals surface area (Å²) in [5, 5.41) is 6.54. The molecule has 0 aliphatic heterocycles. The van der Waals surface area contributed by atoms with E-state index in [-0.39, 0.29) is 12.5 Å². The lowest BCUT2D eigenvalue weighted by Crippen LogP contribution is -2.28. The smallest absolute Gasteiger partial charge is 0.266 e. The molecule has 1 unspecified atom stereocenters. The third kappa shape index (κ3) is 9.41. The first-order chi connectivity index (χ1) is 22.5. The molecule has 0 spiro atoms. The maximum atomic E-state index is 13.8. The van der Waals surface area contributed by atoms with Gasteiger partial charge in [0.15, 0.2) is 0 Å². The van der Waals surface area contributed by atoms with E-state index in [4.69, 9.17) is 13.7 Å². The predicted molar refractivity (Wildman–Crippen MR) is 183 cm³/mol. The highest BCUT2D eigenvalue weighted by Crippen LogP contribution is 2.30. The minimum absolute atomic E-state index is 0.202. The molecule has 242 valence electrons. The van der Waals surface area contributed by atoms with Gasteiger partial charge in [0.1, 0.15) is 23.7 Å². The van der Waals surface area contributed by atoms with Crippen LogP contribution in [0.3, 0.4) is 0 Å². The van der Waals surface area contributed by atoms with Crippen LogP contribution in [-0.2, 0) is 21.3 Å². The Morgan fingerprint density at radius 3 is 2.28 bits per heavy atom. The number of rotatable bonds is 13. The van der Waals surface area contributed by atoms with E-state index in [1.165, 1.54) is 0 Å². The van der Waals surface area contributed by atoms with Crippen molar-refractivity contribution in [2.24, 2.45) is 0 Å². The fraction of sp³-hybridized carbons (Fsp3) is 0.189. The summed E-state index contributed by atoms with van der Waals surface area (Å²) in [7, 11) is -4.18. The molecule has 0 aliphatic carbocycles. The average Bonchev–Trinajstić information content (AvgIpc) is 3.48. The summed E-state index contributed by atoms with van der Waals surface area (Å²) in [5.74, 6) is -0.377. The number of anilines is 1. The van der Waals surface area contributed by atoms with Gasteiger partial charge in [-0.15, -0.1) is 0 Å². The second-order valence-electron chi connectivity index (χ2n) is 11.4. The first-order valence-corrected chi connectivity index (χ1v) is 16.7. The van der Waals surface area contributed by atoms with Gasteiger partial charge < -0.3 is 19.8 Å². The van der Waals surface area contributed by atoms with Crippen molar-refractivity contribution in [1.82, 2.24) is 5.32 Å². The van der Waals surface area contributed by atoms with Gasteiger partial charge in [-0.05, 0) is 98.1 Å². The van der Waals surface area contributed by atoms with Crippen LogP contribution >= 0.6 is 0 Å². The zero-order valence-electron chi connectivity index (χ0n) is 26.1. The Balaban J connectivity index is 1.31. The lowest BCUT2D eigenvalue weighted by molar-refractivity contribution is -0.117. The standard InChI is InChI=1S/C37H36N2O7S/c1-25(2)19-21-45-32-17-13-27(14-18-32)33(23-26-7-9-29(10-8-26)36(40)38-20-22-47(42,43)44)37(41)39-31-15-11-28(12-16-31)35-24-30-5-3-4-6-34(30)46-35/h3-19,24,33H,20-23H2,1-2H3,(H,38,40)(H,39,41)(H,42,43,44). The van der Waals surface area contributed by atoms with Crippen molar-refractivity contribution in [3.8, 4) is 17.1 Å². The number of hydrogen-bond donors (Lipinski definition) is 3. The van der Waals surface area contributed by atoms with Gasteiger partial charge >= 0.3 is 0 Å². The Hall–Kier alpha value is -5.19. The second kappa shape index (κ2) is 14.9. The number of furan rings is 1. The third-order valence-electron chi connectivity index (χ3n) is 7.50. The molecular formula is C37H36N2O7S. The number of allylic oxidation sites excluding steroid dienone is 1. The summed E-state index contributed by atoms with van der Waals surface area (Å²) in [6.07, 6.45) is 2.34. The highest BCUT2D eigenvalue weighted by molar-refractivity contribution is 7.85. The maximum absolute atomic E-state index is 13.8. The number of amides is 2. The molecule has 0 saturated carbocycles. The minimum atomic E-state index is -4.18. The van der Waals surface area contributed by atoms with Crippen LogP contribution in [0.2, 0.25) is 0 Å². The van der Waals surface area contributed by atoms with Crippen LogP contribution in [0.1, 0.15) is 41.3 Å².